The van der Waals surface area contributed by atoms with E-state index in [1.54, 1.807) is 0 Å². The second-order valence-corrected chi connectivity index (χ2v) is 2.77. The van der Waals surface area contributed by atoms with Crippen LogP contribution in [0.3, 0.4) is 0 Å². The molecule has 0 aliphatic rings. The summed E-state index contributed by atoms with van der Waals surface area (Å²) < 4.78 is 13.0. The van der Waals surface area contributed by atoms with Gasteiger partial charge in [0.05, 0.1) is 11.1 Å². The number of benzene rings is 1. The van der Waals surface area contributed by atoms with Crippen molar-refractivity contribution in [3.8, 4) is 0 Å². The molecule has 0 aliphatic heterocycles. The third kappa shape index (κ3) is 1.81. The summed E-state index contributed by atoms with van der Waals surface area (Å²) in [4.78, 5) is 10.3. The Morgan fingerprint density at radius 1 is 1.54 bits per heavy atom. The number of aromatic carboxylic acids is 1. The highest BCUT2D eigenvalue weighted by atomic mass is 32.1. The molecule has 0 amide bonds. The Bertz CT molecular complexity index is 378. The van der Waals surface area contributed by atoms with Gasteiger partial charge in [0, 0.05) is 0 Å². The lowest BCUT2D eigenvalue weighted by Gasteiger charge is -2.04. The fourth-order valence-corrected chi connectivity index (χ4v) is 1.16. The summed E-state index contributed by atoms with van der Waals surface area (Å²) in [5, 5.41) is 8.66. The molecular formula is C8H6FNO2S. The first-order valence-electron chi connectivity index (χ1n) is 3.35. The SMILES string of the molecule is NC(=S)c1c(F)cccc1C(=O)O. The molecule has 1 aromatic rings. The molecule has 0 aromatic heterocycles. The van der Waals surface area contributed by atoms with Crippen molar-refractivity contribution >= 4 is 23.2 Å². The van der Waals surface area contributed by atoms with E-state index in [0.29, 0.717) is 0 Å². The van der Waals surface area contributed by atoms with E-state index in [2.05, 4.69) is 12.2 Å². The van der Waals surface area contributed by atoms with Crippen molar-refractivity contribution in [2.45, 2.75) is 0 Å². The number of hydrogen-bond acceptors (Lipinski definition) is 2. The van der Waals surface area contributed by atoms with Crippen LogP contribution in [-0.2, 0) is 0 Å². The third-order valence-electron chi connectivity index (χ3n) is 1.49. The molecule has 1 rings (SSSR count). The molecule has 3 nitrogen and oxygen atoms in total. The predicted molar refractivity (Wildman–Crippen MR) is 49.2 cm³/mol. The minimum atomic E-state index is -1.25. The van der Waals surface area contributed by atoms with E-state index in [4.69, 9.17) is 10.8 Å². The molecule has 0 atom stereocenters. The van der Waals surface area contributed by atoms with E-state index in [-0.39, 0.29) is 16.1 Å². The topological polar surface area (TPSA) is 63.3 Å². The normalized spacial score (nSPS) is 9.62. The van der Waals surface area contributed by atoms with Crippen LogP contribution in [0, 0.1) is 5.82 Å². The number of carbonyl (C=O) groups is 1. The lowest BCUT2D eigenvalue weighted by atomic mass is 10.1. The van der Waals surface area contributed by atoms with Crippen LogP contribution in [0.25, 0.3) is 0 Å². The Hall–Kier alpha value is -1.49. The maximum Gasteiger partial charge on any atom is 0.336 e. The van der Waals surface area contributed by atoms with E-state index in [1.807, 2.05) is 0 Å². The number of halogens is 1. The van der Waals surface area contributed by atoms with Gasteiger partial charge in [0.15, 0.2) is 0 Å². The van der Waals surface area contributed by atoms with Gasteiger partial charge in [-0.3, -0.25) is 0 Å². The van der Waals surface area contributed by atoms with Gasteiger partial charge < -0.3 is 10.8 Å². The number of rotatable bonds is 2. The van der Waals surface area contributed by atoms with Crippen molar-refractivity contribution in [1.29, 1.82) is 0 Å². The zero-order chi connectivity index (χ0) is 10.0. The molecule has 3 N–H and O–H groups in total. The molecule has 0 unspecified atom stereocenters. The number of carboxylic acids is 1. The quantitative estimate of drug-likeness (QED) is 0.701. The Morgan fingerprint density at radius 3 is 2.54 bits per heavy atom. The summed E-state index contributed by atoms with van der Waals surface area (Å²) in [6, 6.07) is 3.65. The second kappa shape index (κ2) is 3.49. The first-order valence-corrected chi connectivity index (χ1v) is 3.76. The van der Waals surface area contributed by atoms with E-state index in [0.717, 1.165) is 6.07 Å². The number of hydrogen-bond donors (Lipinski definition) is 2. The summed E-state index contributed by atoms with van der Waals surface area (Å²) in [6.07, 6.45) is 0. The van der Waals surface area contributed by atoms with Crippen LogP contribution in [0.2, 0.25) is 0 Å². The summed E-state index contributed by atoms with van der Waals surface area (Å²) in [7, 11) is 0. The molecule has 1 aromatic carbocycles. The smallest absolute Gasteiger partial charge is 0.336 e. The maximum absolute atomic E-state index is 13.0. The number of thiocarbonyl (C=S) groups is 1. The van der Waals surface area contributed by atoms with Gasteiger partial charge in [0.25, 0.3) is 0 Å². The van der Waals surface area contributed by atoms with Crippen molar-refractivity contribution in [2.24, 2.45) is 5.73 Å². The second-order valence-electron chi connectivity index (χ2n) is 2.33. The molecule has 0 saturated carbocycles. The molecule has 0 bridgehead atoms. The Labute approximate surface area is 79.0 Å². The van der Waals surface area contributed by atoms with Crippen LogP contribution in [0.5, 0.6) is 0 Å². The first-order chi connectivity index (χ1) is 6.04. The third-order valence-corrected chi connectivity index (χ3v) is 1.69. The highest BCUT2D eigenvalue weighted by Gasteiger charge is 2.15. The van der Waals surface area contributed by atoms with Crippen LogP contribution in [-0.4, -0.2) is 16.1 Å². The summed E-state index contributed by atoms with van der Waals surface area (Å²) in [6.45, 7) is 0. The molecule has 5 heteroatoms. The average molecular weight is 199 g/mol. The molecule has 0 radical (unpaired) electrons. The molecule has 13 heavy (non-hydrogen) atoms. The van der Waals surface area contributed by atoms with E-state index >= 15 is 0 Å². The summed E-state index contributed by atoms with van der Waals surface area (Å²) in [5.41, 5.74) is 4.75. The van der Waals surface area contributed by atoms with E-state index < -0.39 is 11.8 Å². The zero-order valence-electron chi connectivity index (χ0n) is 6.45. The lowest BCUT2D eigenvalue weighted by molar-refractivity contribution is 0.0696. The van der Waals surface area contributed by atoms with Gasteiger partial charge >= 0.3 is 5.97 Å². The first kappa shape index (κ1) is 9.60. The molecule has 0 heterocycles. The zero-order valence-corrected chi connectivity index (χ0v) is 7.27. The molecular weight excluding hydrogens is 193 g/mol. The van der Waals surface area contributed by atoms with Crippen molar-refractivity contribution < 1.29 is 14.3 Å². The monoisotopic (exact) mass is 199 g/mol. The van der Waals surface area contributed by atoms with Crippen LogP contribution in [0.15, 0.2) is 18.2 Å². The fourth-order valence-electron chi connectivity index (χ4n) is 0.953. The van der Waals surface area contributed by atoms with E-state index in [1.165, 1.54) is 12.1 Å². The highest BCUT2D eigenvalue weighted by molar-refractivity contribution is 7.80. The van der Waals surface area contributed by atoms with Crippen LogP contribution in [0.1, 0.15) is 15.9 Å². The number of carboxylic acid groups (broad SMARTS) is 1. The van der Waals surface area contributed by atoms with E-state index in [9.17, 15) is 9.18 Å². The molecule has 0 saturated heterocycles. The van der Waals surface area contributed by atoms with Crippen molar-refractivity contribution in [2.75, 3.05) is 0 Å². The van der Waals surface area contributed by atoms with Gasteiger partial charge in [-0.25, -0.2) is 9.18 Å². The van der Waals surface area contributed by atoms with Gasteiger partial charge in [0.1, 0.15) is 10.8 Å². The maximum atomic E-state index is 13.0. The molecule has 0 aliphatic carbocycles. The lowest BCUT2D eigenvalue weighted by Crippen LogP contribution is -2.17. The summed E-state index contributed by atoms with van der Waals surface area (Å²) in [5.74, 6) is -1.96. The Kier molecular flexibility index (Phi) is 2.57. The fraction of sp³-hybridized carbons (Fsp3) is 0. The van der Waals surface area contributed by atoms with Crippen LogP contribution >= 0.6 is 12.2 Å². The van der Waals surface area contributed by atoms with Gasteiger partial charge in [-0.1, -0.05) is 18.3 Å². The van der Waals surface area contributed by atoms with Crippen molar-refractivity contribution in [1.82, 2.24) is 0 Å². The van der Waals surface area contributed by atoms with Crippen LogP contribution in [0.4, 0.5) is 4.39 Å². The average Bonchev–Trinajstić information content (AvgIpc) is 2.02. The Balaban J connectivity index is 3.43. The standard InChI is InChI=1S/C8H6FNO2S/c9-5-3-1-2-4(8(11)12)6(5)7(10)13/h1-3H,(H2,10,13)(H,11,12). The molecule has 68 valence electrons. The predicted octanol–water partition coefficient (Wildman–Crippen LogP) is 1.16. The molecule has 0 spiro atoms. The van der Waals surface area contributed by atoms with Gasteiger partial charge in [-0.2, -0.15) is 0 Å². The van der Waals surface area contributed by atoms with Gasteiger partial charge in [-0.05, 0) is 12.1 Å². The number of nitrogens with two attached hydrogens (primary N) is 1. The Morgan fingerprint density at radius 2 is 2.15 bits per heavy atom. The van der Waals surface area contributed by atoms with Gasteiger partial charge in [0.2, 0.25) is 0 Å². The highest BCUT2D eigenvalue weighted by Crippen LogP contribution is 2.13. The van der Waals surface area contributed by atoms with Gasteiger partial charge in [-0.15, -0.1) is 0 Å². The minimum Gasteiger partial charge on any atom is -0.478 e. The molecule has 0 fully saturated rings. The van der Waals surface area contributed by atoms with Crippen molar-refractivity contribution in [3.05, 3.63) is 35.1 Å². The largest absolute Gasteiger partial charge is 0.478 e. The van der Waals surface area contributed by atoms with Crippen LogP contribution < -0.4 is 5.73 Å². The van der Waals surface area contributed by atoms with Crippen molar-refractivity contribution in [3.63, 3.8) is 0 Å². The summed E-state index contributed by atoms with van der Waals surface area (Å²) >= 11 is 4.53. The minimum absolute atomic E-state index is 0.215.